The number of rotatable bonds is 7. The highest BCUT2D eigenvalue weighted by Gasteiger charge is 2.22. The van der Waals surface area contributed by atoms with Crippen LogP contribution in [0.15, 0.2) is 60.7 Å². The normalized spacial score (nSPS) is 10.8. The summed E-state index contributed by atoms with van der Waals surface area (Å²) in [6.45, 7) is 5.35. The SMILES string of the molecule is CC(C)(C)Oc1cc(NC(=O)O)c(NC(=O)CC(=O)c2cccc(C#N)c2)cc1-c1ccccc1F. The van der Waals surface area contributed by atoms with E-state index in [9.17, 15) is 23.9 Å². The number of carboxylic acid groups (broad SMARTS) is 1. The van der Waals surface area contributed by atoms with Crippen LogP contribution in [0.1, 0.15) is 43.1 Å². The Morgan fingerprint density at radius 1 is 0.972 bits per heavy atom. The number of halogens is 1. The Labute approximate surface area is 207 Å². The highest BCUT2D eigenvalue weighted by Crippen LogP contribution is 2.40. The Morgan fingerprint density at radius 3 is 2.31 bits per heavy atom. The molecule has 0 atom stereocenters. The summed E-state index contributed by atoms with van der Waals surface area (Å²) in [5.74, 6) is -1.60. The van der Waals surface area contributed by atoms with Crippen molar-refractivity contribution in [3.05, 3.63) is 77.6 Å². The number of nitrogens with one attached hydrogen (secondary N) is 2. The number of ketones is 1. The highest BCUT2D eigenvalue weighted by atomic mass is 19.1. The number of carbonyl (C=O) groups excluding carboxylic acids is 2. The molecule has 9 heteroatoms. The summed E-state index contributed by atoms with van der Waals surface area (Å²) >= 11 is 0. The van der Waals surface area contributed by atoms with Gasteiger partial charge >= 0.3 is 6.09 Å². The van der Waals surface area contributed by atoms with Gasteiger partial charge in [-0.3, -0.25) is 14.9 Å². The topological polar surface area (TPSA) is 129 Å². The summed E-state index contributed by atoms with van der Waals surface area (Å²) in [6.07, 6.45) is -1.95. The number of hydrogen-bond donors (Lipinski definition) is 3. The van der Waals surface area contributed by atoms with Crippen LogP contribution in [0.5, 0.6) is 5.75 Å². The third kappa shape index (κ3) is 6.67. The Balaban J connectivity index is 2.01. The Bertz CT molecular complexity index is 1370. The van der Waals surface area contributed by atoms with Gasteiger partial charge in [-0.1, -0.05) is 30.3 Å². The summed E-state index contributed by atoms with van der Waals surface area (Å²) in [4.78, 5) is 36.7. The van der Waals surface area contributed by atoms with E-state index in [2.05, 4.69) is 10.6 Å². The lowest BCUT2D eigenvalue weighted by Crippen LogP contribution is -2.24. The largest absolute Gasteiger partial charge is 0.487 e. The first-order valence-electron chi connectivity index (χ1n) is 10.9. The van der Waals surface area contributed by atoms with Gasteiger partial charge in [0, 0.05) is 22.8 Å². The molecule has 3 N–H and O–H groups in total. The number of ether oxygens (including phenoxy) is 1. The molecule has 0 aliphatic rings. The van der Waals surface area contributed by atoms with Crippen molar-refractivity contribution in [1.82, 2.24) is 0 Å². The van der Waals surface area contributed by atoms with Crippen LogP contribution in [0.4, 0.5) is 20.6 Å². The minimum Gasteiger partial charge on any atom is -0.487 e. The van der Waals surface area contributed by atoms with Crippen molar-refractivity contribution in [2.45, 2.75) is 32.8 Å². The van der Waals surface area contributed by atoms with Gasteiger partial charge in [0.05, 0.1) is 29.4 Å². The van der Waals surface area contributed by atoms with Crippen LogP contribution < -0.4 is 15.4 Å². The van der Waals surface area contributed by atoms with Gasteiger partial charge in [0.2, 0.25) is 5.91 Å². The fourth-order valence-electron chi connectivity index (χ4n) is 3.41. The standard InChI is InChI=1S/C27H24FN3O5/c1-27(2,3)36-24-13-22(31-26(34)35)21(12-19(24)18-9-4-5-10-20(18)28)30-25(33)14-23(32)17-8-6-7-16(11-17)15-29/h4-13,31H,14H2,1-3H3,(H,30,33)(H,34,35). The molecule has 0 saturated carbocycles. The maximum atomic E-state index is 14.7. The zero-order chi connectivity index (χ0) is 26.5. The second-order valence-electron chi connectivity index (χ2n) is 8.86. The van der Waals surface area contributed by atoms with Crippen LogP contribution >= 0.6 is 0 Å². The van der Waals surface area contributed by atoms with Crippen LogP contribution in [0, 0.1) is 17.1 Å². The third-order valence-corrected chi connectivity index (χ3v) is 4.85. The minimum atomic E-state index is -1.39. The van der Waals surface area contributed by atoms with Crippen molar-refractivity contribution >= 4 is 29.2 Å². The summed E-state index contributed by atoms with van der Waals surface area (Å²) in [5.41, 5.74) is 0.220. The molecule has 0 saturated heterocycles. The van der Waals surface area contributed by atoms with Crippen LogP contribution in [0.25, 0.3) is 11.1 Å². The van der Waals surface area contributed by atoms with Gasteiger partial charge in [-0.15, -0.1) is 0 Å². The quantitative estimate of drug-likeness (QED) is 0.282. The fourth-order valence-corrected chi connectivity index (χ4v) is 3.41. The number of anilines is 2. The van der Waals surface area contributed by atoms with E-state index < -0.39 is 35.6 Å². The number of hydrogen-bond acceptors (Lipinski definition) is 5. The fraction of sp³-hybridized carbons (Fsp3) is 0.185. The molecular weight excluding hydrogens is 465 g/mol. The first-order valence-corrected chi connectivity index (χ1v) is 10.9. The molecule has 3 rings (SSSR count). The van der Waals surface area contributed by atoms with Crippen LogP contribution in [-0.4, -0.2) is 28.5 Å². The second kappa shape index (κ2) is 10.7. The molecule has 0 aromatic heterocycles. The number of Topliss-reactive ketones (excluding diaryl/α,β-unsaturated/α-hetero) is 1. The number of benzene rings is 3. The number of nitriles is 1. The Morgan fingerprint density at radius 2 is 1.67 bits per heavy atom. The average molecular weight is 490 g/mol. The van der Waals surface area contributed by atoms with Crippen molar-refractivity contribution in [3.63, 3.8) is 0 Å². The maximum Gasteiger partial charge on any atom is 0.409 e. The van der Waals surface area contributed by atoms with Crippen molar-refractivity contribution in [2.75, 3.05) is 10.6 Å². The van der Waals surface area contributed by atoms with E-state index in [-0.39, 0.29) is 39.4 Å². The van der Waals surface area contributed by atoms with Crippen LogP contribution in [0.3, 0.4) is 0 Å². The molecular formula is C27H24FN3O5. The Kier molecular flexibility index (Phi) is 7.70. The summed E-state index contributed by atoms with van der Waals surface area (Å²) in [7, 11) is 0. The lowest BCUT2D eigenvalue weighted by molar-refractivity contribution is -0.115. The van der Waals surface area contributed by atoms with Gasteiger partial charge in [-0.25, -0.2) is 9.18 Å². The molecule has 0 radical (unpaired) electrons. The van der Waals surface area contributed by atoms with Gasteiger partial charge in [0.15, 0.2) is 5.78 Å². The van der Waals surface area contributed by atoms with E-state index >= 15 is 0 Å². The lowest BCUT2D eigenvalue weighted by atomic mass is 10.0. The molecule has 0 aliphatic heterocycles. The zero-order valence-electron chi connectivity index (χ0n) is 19.9. The van der Waals surface area contributed by atoms with Gasteiger partial charge in [0.1, 0.15) is 17.2 Å². The van der Waals surface area contributed by atoms with Gasteiger partial charge in [-0.05, 0) is 45.0 Å². The molecule has 0 heterocycles. The first-order chi connectivity index (χ1) is 17.0. The van der Waals surface area contributed by atoms with Crippen LogP contribution in [-0.2, 0) is 4.79 Å². The molecule has 3 aromatic carbocycles. The van der Waals surface area contributed by atoms with Crippen molar-refractivity contribution in [1.29, 1.82) is 5.26 Å². The molecule has 3 aromatic rings. The summed E-state index contributed by atoms with van der Waals surface area (Å²) in [5, 5.41) is 23.1. The predicted molar refractivity (Wildman–Crippen MR) is 133 cm³/mol. The number of carbonyl (C=O) groups is 3. The summed E-state index contributed by atoms with van der Waals surface area (Å²) < 4.78 is 20.7. The van der Waals surface area contributed by atoms with E-state index in [0.29, 0.717) is 0 Å². The molecule has 0 aliphatic carbocycles. The second-order valence-corrected chi connectivity index (χ2v) is 8.86. The maximum absolute atomic E-state index is 14.7. The van der Waals surface area contributed by atoms with Crippen LogP contribution in [0.2, 0.25) is 0 Å². The third-order valence-electron chi connectivity index (χ3n) is 4.85. The van der Waals surface area contributed by atoms with E-state index in [1.54, 1.807) is 26.8 Å². The van der Waals surface area contributed by atoms with E-state index in [0.717, 1.165) is 0 Å². The first kappa shape index (κ1) is 25.9. The van der Waals surface area contributed by atoms with Crippen molar-refractivity contribution in [2.24, 2.45) is 0 Å². The van der Waals surface area contributed by atoms with Crippen molar-refractivity contribution in [3.8, 4) is 22.9 Å². The molecule has 0 spiro atoms. The molecule has 0 unspecified atom stereocenters. The molecule has 36 heavy (non-hydrogen) atoms. The zero-order valence-corrected chi connectivity index (χ0v) is 19.9. The molecule has 0 bridgehead atoms. The average Bonchev–Trinajstić information content (AvgIpc) is 2.80. The van der Waals surface area contributed by atoms with E-state index in [4.69, 9.17) is 10.00 Å². The predicted octanol–water partition coefficient (Wildman–Crippen LogP) is 5.84. The molecule has 184 valence electrons. The monoisotopic (exact) mass is 489 g/mol. The minimum absolute atomic E-state index is 0.0143. The number of amides is 2. The lowest BCUT2D eigenvalue weighted by Gasteiger charge is -2.25. The molecule has 2 amide bonds. The highest BCUT2D eigenvalue weighted by molar-refractivity contribution is 6.12. The van der Waals surface area contributed by atoms with E-state index in [1.807, 2.05) is 6.07 Å². The van der Waals surface area contributed by atoms with Gasteiger partial charge < -0.3 is 15.2 Å². The summed E-state index contributed by atoms with van der Waals surface area (Å²) in [6, 6.07) is 16.6. The molecule has 0 fully saturated rings. The van der Waals surface area contributed by atoms with E-state index in [1.165, 1.54) is 54.6 Å². The van der Waals surface area contributed by atoms with Gasteiger partial charge in [-0.2, -0.15) is 5.26 Å². The van der Waals surface area contributed by atoms with Crippen molar-refractivity contribution < 1.29 is 28.6 Å². The smallest absolute Gasteiger partial charge is 0.409 e. The van der Waals surface area contributed by atoms with Gasteiger partial charge in [0.25, 0.3) is 0 Å². The Hall–Kier alpha value is -4.71. The molecule has 8 nitrogen and oxygen atoms in total. The number of nitrogens with zero attached hydrogens (tertiary/aromatic N) is 1.